The van der Waals surface area contributed by atoms with Gasteiger partial charge in [-0.1, -0.05) is 0 Å². The predicted molar refractivity (Wildman–Crippen MR) is 46.3 cm³/mol. The molecule has 4 heteroatoms. The van der Waals surface area contributed by atoms with Crippen LogP contribution >= 0.6 is 0 Å². The Labute approximate surface area is 76.1 Å². The number of aromatic nitrogens is 1. The molecule has 13 heavy (non-hydrogen) atoms. The molecule has 4 nitrogen and oxygen atoms in total. The summed E-state index contributed by atoms with van der Waals surface area (Å²) < 4.78 is 4.77. The molecule has 1 saturated heterocycles. The molecule has 1 aromatic heterocycles. The van der Waals surface area contributed by atoms with E-state index in [1.54, 1.807) is 18.3 Å². The molecular formula is C9H8N2O2. The molecule has 0 aliphatic carbocycles. The van der Waals surface area contributed by atoms with Gasteiger partial charge in [0.1, 0.15) is 12.4 Å². The largest absolute Gasteiger partial charge is 0.447 e. The summed E-state index contributed by atoms with van der Waals surface area (Å²) in [5.41, 5.74) is 0.588. The Kier molecular flexibility index (Phi) is 1.88. The van der Waals surface area contributed by atoms with E-state index in [0.717, 1.165) is 0 Å². The van der Waals surface area contributed by atoms with Gasteiger partial charge in [0.05, 0.1) is 6.54 Å². The van der Waals surface area contributed by atoms with Crippen LogP contribution in [0.3, 0.4) is 0 Å². The van der Waals surface area contributed by atoms with Crippen LogP contribution in [0.5, 0.6) is 0 Å². The molecule has 0 saturated carbocycles. The van der Waals surface area contributed by atoms with Gasteiger partial charge in [-0.3, -0.25) is 4.90 Å². The molecule has 1 aliphatic rings. The van der Waals surface area contributed by atoms with Crippen LogP contribution < -0.4 is 4.90 Å². The zero-order valence-electron chi connectivity index (χ0n) is 6.93. The maximum absolute atomic E-state index is 11.1. The SMILES string of the molecule is [CH]c1ccnc(N2CCOC2=O)c1. The first-order valence-corrected chi connectivity index (χ1v) is 3.93. The lowest BCUT2D eigenvalue weighted by Gasteiger charge is -2.10. The molecule has 0 N–H and O–H groups in total. The van der Waals surface area contributed by atoms with E-state index in [2.05, 4.69) is 4.98 Å². The first-order chi connectivity index (χ1) is 6.27. The van der Waals surface area contributed by atoms with Crippen molar-refractivity contribution >= 4 is 11.9 Å². The van der Waals surface area contributed by atoms with Crippen LogP contribution in [0.1, 0.15) is 5.56 Å². The molecule has 0 bridgehead atoms. The Morgan fingerprint density at radius 1 is 1.62 bits per heavy atom. The van der Waals surface area contributed by atoms with Crippen LogP contribution in [0.15, 0.2) is 18.3 Å². The van der Waals surface area contributed by atoms with Crippen molar-refractivity contribution in [1.82, 2.24) is 4.98 Å². The van der Waals surface area contributed by atoms with Gasteiger partial charge in [0.25, 0.3) is 0 Å². The van der Waals surface area contributed by atoms with E-state index in [0.29, 0.717) is 24.5 Å². The zero-order chi connectivity index (χ0) is 9.26. The van der Waals surface area contributed by atoms with Gasteiger partial charge < -0.3 is 4.74 Å². The smallest absolute Gasteiger partial charge is 0.415 e. The molecule has 1 aromatic rings. The minimum atomic E-state index is -0.363. The highest BCUT2D eigenvalue weighted by atomic mass is 16.6. The van der Waals surface area contributed by atoms with Crippen molar-refractivity contribution in [3.05, 3.63) is 30.8 Å². The Bertz CT molecular complexity index is 338. The number of hydrogen-bond donors (Lipinski definition) is 0. The average molecular weight is 176 g/mol. The molecule has 2 rings (SSSR count). The maximum atomic E-state index is 11.1. The van der Waals surface area contributed by atoms with Crippen molar-refractivity contribution in [2.45, 2.75) is 0 Å². The molecule has 0 spiro atoms. The van der Waals surface area contributed by atoms with Crippen LogP contribution in [0, 0.1) is 6.92 Å². The van der Waals surface area contributed by atoms with Gasteiger partial charge in [-0.2, -0.15) is 0 Å². The fraction of sp³-hybridized carbons (Fsp3) is 0.222. The van der Waals surface area contributed by atoms with Crippen molar-refractivity contribution in [1.29, 1.82) is 0 Å². The first kappa shape index (κ1) is 8.04. The quantitative estimate of drug-likeness (QED) is 0.643. The highest BCUT2D eigenvalue weighted by molar-refractivity contribution is 5.88. The summed E-state index contributed by atoms with van der Waals surface area (Å²) in [5, 5.41) is 0. The van der Waals surface area contributed by atoms with Gasteiger partial charge in [0.2, 0.25) is 0 Å². The fourth-order valence-electron chi connectivity index (χ4n) is 1.18. The second-order valence-electron chi connectivity index (χ2n) is 2.71. The summed E-state index contributed by atoms with van der Waals surface area (Å²) in [7, 11) is 0. The van der Waals surface area contributed by atoms with Gasteiger partial charge in [-0.15, -0.1) is 0 Å². The maximum Gasteiger partial charge on any atom is 0.415 e. The van der Waals surface area contributed by atoms with E-state index in [-0.39, 0.29) is 6.09 Å². The van der Waals surface area contributed by atoms with Crippen LogP contribution in [0.4, 0.5) is 10.6 Å². The second-order valence-corrected chi connectivity index (χ2v) is 2.71. The number of amides is 1. The average Bonchev–Trinajstić information content (AvgIpc) is 2.51. The van der Waals surface area contributed by atoms with Gasteiger partial charge in [0, 0.05) is 6.20 Å². The third-order valence-corrected chi connectivity index (χ3v) is 1.81. The molecule has 0 aromatic carbocycles. The lowest BCUT2D eigenvalue weighted by atomic mass is 10.3. The van der Waals surface area contributed by atoms with E-state index in [1.165, 1.54) is 4.90 Å². The Hall–Kier alpha value is -1.58. The Balaban J connectivity index is 2.29. The Morgan fingerprint density at radius 2 is 2.46 bits per heavy atom. The molecule has 0 unspecified atom stereocenters. The van der Waals surface area contributed by atoms with Crippen molar-refractivity contribution in [2.24, 2.45) is 0 Å². The number of pyridine rings is 1. The molecule has 2 heterocycles. The molecule has 1 fully saturated rings. The van der Waals surface area contributed by atoms with Gasteiger partial charge in [-0.25, -0.2) is 9.78 Å². The highest BCUT2D eigenvalue weighted by Crippen LogP contribution is 2.16. The lowest BCUT2D eigenvalue weighted by Crippen LogP contribution is -2.24. The number of ether oxygens (including phenoxy) is 1. The number of rotatable bonds is 1. The van der Waals surface area contributed by atoms with E-state index < -0.39 is 0 Å². The van der Waals surface area contributed by atoms with Crippen molar-refractivity contribution < 1.29 is 9.53 Å². The molecule has 0 atom stereocenters. The summed E-state index contributed by atoms with van der Waals surface area (Å²) in [4.78, 5) is 16.6. The van der Waals surface area contributed by atoms with Crippen LogP contribution in [-0.2, 0) is 4.74 Å². The van der Waals surface area contributed by atoms with Crippen LogP contribution in [-0.4, -0.2) is 24.2 Å². The minimum absolute atomic E-state index is 0.363. The van der Waals surface area contributed by atoms with Gasteiger partial charge >= 0.3 is 6.09 Å². The lowest BCUT2D eigenvalue weighted by molar-refractivity contribution is 0.181. The molecular weight excluding hydrogens is 168 g/mol. The van der Waals surface area contributed by atoms with E-state index in [4.69, 9.17) is 11.7 Å². The van der Waals surface area contributed by atoms with Crippen LogP contribution in [0.25, 0.3) is 0 Å². The van der Waals surface area contributed by atoms with Crippen molar-refractivity contribution in [3.63, 3.8) is 0 Å². The number of hydrogen-bond acceptors (Lipinski definition) is 3. The normalized spacial score (nSPS) is 16.1. The topological polar surface area (TPSA) is 42.4 Å². The third-order valence-electron chi connectivity index (χ3n) is 1.81. The third kappa shape index (κ3) is 1.47. The van der Waals surface area contributed by atoms with Crippen LogP contribution in [0.2, 0.25) is 0 Å². The first-order valence-electron chi connectivity index (χ1n) is 3.93. The summed E-state index contributed by atoms with van der Waals surface area (Å²) in [6, 6.07) is 3.32. The van der Waals surface area contributed by atoms with Gasteiger partial charge in [-0.05, 0) is 24.6 Å². The summed E-state index contributed by atoms with van der Waals surface area (Å²) in [6.45, 7) is 6.50. The molecule has 1 aliphatic heterocycles. The predicted octanol–water partition coefficient (Wildman–Crippen LogP) is 1.10. The number of nitrogens with zero attached hydrogens (tertiary/aromatic N) is 2. The monoisotopic (exact) mass is 176 g/mol. The van der Waals surface area contributed by atoms with E-state index in [1.807, 2.05) is 0 Å². The number of carbonyl (C=O) groups excluding carboxylic acids is 1. The highest BCUT2D eigenvalue weighted by Gasteiger charge is 2.24. The van der Waals surface area contributed by atoms with E-state index >= 15 is 0 Å². The summed E-state index contributed by atoms with van der Waals surface area (Å²) in [6.07, 6.45) is 1.20. The van der Waals surface area contributed by atoms with Gasteiger partial charge in [0.15, 0.2) is 0 Å². The van der Waals surface area contributed by atoms with Crippen molar-refractivity contribution in [3.8, 4) is 0 Å². The standard InChI is InChI=1S/C9H8N2O2/c1-7-2-3-10-8(6-7)11-4-5-13-9(11)12/h1-3,6H,4-5H2. The summed E-state index contributed by atoms with van der Waals surface area (Å²) >= 11 is 0. The van der Waals surface area contributed by atoms with E-state index in [9.17, 15) is 4.79 Å². The number of carbonyl (C=O) groups is 1. The fourth-order valence-corrected chi connectivity index (χ4v) is 1.18. The van der Waals surface area contributed by atoms with Crippen molar-refractivity contribution in [2.75, 3.05) is 18.1 Å². The molecule has 66 valence electrons. The summed E-state index contributed by atoms with van der Waals surface area (Å²) in [5.74, 6) is 0.544. The number of anilines is 1. The zero-order valence-corrected chi connectivity index (χ0v) is 6.93. The molecule has 1 amide bonds. The Morgan fingerprint density at radius 3 is 3.08 bits per heavy atom. The number of cyclic esters (lactones) is 1. The second kappa shape index (κ2) is 3.05. The molecule has 2 radical (unpaired) electrons. The minimum Gasteiger partial charge on any atom is -0.447 e.